The highest BCUT2D eigenvalue weighted by Gasteiger charge is 2.04. The van der Waals surface area contributed by atoms with Gasteiger partial charge in [0.2, 0.25) is 0 Å². The molecule has 1 aromatic heterocycles. The zero-order valence-corrected chi connectivity index (χ0v) is 7.97. The lowest BCUT2D eigenvalue weighted by Gasteiger charge is -2.00. The van der Waals surface area contributed by atoms with Gasteiger partial charge in [-0.3, -0.25) is 4.79 Å². The zero-order chi connectivity index (χ0) is 10.3. The molecule has 72 valence electrons. The fourth-order valence-corrected chi connectivity index (χ4v) is 1.69. The van der Waals surface area contributed by atoms with Crippen molar-refractivity contribution in [3.63, 3.8) is 0 Å². The molecule has 0 atom stereocenters. The van der Waals surface area contributed by atoms with Crippen molar-refractivity contribution in [3.8, 4) is 0 Å². The molecule has 0 radical (unpaired) electrons. The molecule has 1 aliphatic rings. The van der Waals surface area contributed by atoms with Crippen molar-refractivity contribution in [2.24, 2.45) is 0 Å². The second-order valence-electron chi connectivity index (χ2n) is 3.50. The van der Waals surface area contributed by atoms with Crippen molar-refractivity contribution in [1.29, 1.82) is 0 Å². The average molecular weight is 196 g/mol. The van der Waals surface area contributed by atoms with Crippen LogP contribution in [0.3, 0.4) is 0 Å². The molecular weight excluding hydrogens is 188 g/mol. The Labute approximate surface area is 85.8 Å². The lowest BCUT2D eigenvalue weighted by atomic mass is 10.2. The van der Waals surface area contributed by atoms with Gasteiger partial charge in [0, 0.05) is 12.5 Å². The molecule has 0 bridgehead atoms. The summed E-state index contributed by atoms with van der Waals surface area (Å²) in [7, 11) is 0. The number of benzene rings is 1. The fraction of sp³-hybridized carbons (Fsp3) is 0.0833. The first-order valence-electron chi connectivity index (χ1n) is 4.80. The SMILES string of the molecule is O=C1C=c2nc3ccccc3nc2=CC1. The number of aromatic nitrogens is 2. The predicted octanol–water partition coefficient (Wildman–Crippen LogP) is 0.164. The van der Waals surface area contributed by atoms with Crippen LogP contribution >= 0.6 is 0 Å². The minimum atomic E-state index is 0.0899. The van der Waals surface area contributed by atoms with Crippen LogP contribution in [0.25, 0.3) is 23.2 Å². The highest BCUT2D eigenvalue weighted by atomic mass is 16.1. The van der Waals surface area contributed by atoms with Crippen molar-refractivity contribution in [3.05, 3.63) is 35.0 Å². The van der Waals surface area contributed by atoms with Crippen LogP contribution in [0.1, 0.15) is 6.42 Å². The number of nitrogens with zero attached hydrogens (tertiary/aromatic N) is 2. The van der Waals surface area contributed by atoms with Crippen LogP contribution in [0.5, 0.6) is 0 Å². The molecule has 3 nitrogen and oxygen atoms in total. The molecule has 15 heavy (non-hydrogen) atoms. The van der Waals surface area contributed by atoms with E-state index in [4.69, 9.17) is 0 Å². The summed E-state index contributed by atoms with van der Waals surface area (Å²) in [5.41, 5.74) is 1.70. The van der Waals surface area contributed by atoms with Gasteiger partial charge in [0.25, 0.3) is 0 Å². The largest absolute Gasteiger partial charge is 0.294 e. The summed E-state index contributed by atoms with van der Waals surface area (Å²) in [6, 6.07) is 7.67. The maximum absolute atomic E-state index is 11.2. The molecule has 0 aliphatic heterocycles. The number of Topliss-reactive ketones (excluding diaryl/α,β-unsaturated/α-hetero) is 1. The smallest absolute Gasteiger partial charge is 0.161 e. The molecule has 3 rings (SSSR count). The van der Waals surface area contributed by atoms with E-state index in [1.54, 1.807) is 6.08 Å². The Morgan fingerprint density at radius 3 is 2.40 bits per heavy atom. The number of carbonyl (C=O) groups excluding carboxylic acids is 1. The second kappa shape index (κ2) is 2.98. The third-order valence-corrected chi connectivity index (χ3v) is 2.42. The third-order valence-electron chi connectivity index (χ3n) is 2.42. The van der Waals surface area contributed by atoms with Crippen molar-refractivity contribution < 1.29 is 4.79 Å². The maximum Gasteiger partial charge on any atom is 0.161 e. The van der Waals surface area contributed by atoms with Crippen LogP contribution in [0.4, 0.5) is 0 Å². The zero-order valence-electron chi connectivity index (χ0n) is 7.97. The van der Waals surface area contributed by atoms with Crippen LogP contribution in [0.15, 0.2) is 24.3 Å². The molecule has 0 amide bonds. The Bertz CT molecular complexity index is 674. The normalized spacial score (nSPS) is 14.3. The van der Waals surface area contributed by atoms with Crippen LogP contribution in [-0.2, 0) is 4.79 Å². The van der Waals surface area contributed by atoms with Gasteiger partial charge in [-0.25, -0.2) is 9.97 Å². The van der Waals surface area contributed by atoms with Crippen LogP contribution < -0.4 is 10.7 Å². The summed E-state index contributed by atoms with van der Waals surface area (Å²) in [6.07, 6.45) is 3.83. The van der Waals surface area contributed by atoms with Crippen LogP contribution in [-0.4, -0.2) is 15.8 Å². The molecule has 1 heterocycles. The predicted molar refractivity (Wildman–Crippen MR) is 57.3 cm³/mol. The van der Waals surface area contributed by atoms with Crippen molar-refractivity contribution >= 4 is 29.0 Å². The van der Waals surface area contributed by atoms with Crippen LogP contribution in [0, 0.1) is 0 Å². The van der Waals surface area contributed by atoms with E-state index < -0.39 is 0 Å². The number of hydrogen-bond acceptors (Lipinski definition) is 3. The van der Waals surface area contributed by atoms with Gasteiger partial charge in [-0.2, -0.15) is 0 Å². The second-order valence-corrected chi connectivity index (χ2v) is 3.50. The Hall–Kier alpha value is -2.03. The molecule has 0 fully saturated rings. The fourth-order valence-electron chi connectivity index (χ4n) is 1.69. The minimum Gasteiger partial charge on any atom is -0.294 e. The molecule has 0 saturated heterocycles. The van der Waals surface area contributed by atoms with Gasteiger partial charge >= 0.3 is 0 Å². The van der Waals surface area contributed by atoms with E-state index in [2.05, 4.69) is 9.97 Å². The Kier molecular flexibility index (Phi) is 1.65. The number of ketones is 1. The Morgan fingerprint density at radius 1 is 1.00 bits per heavy atom. The standard InChI is InChI=1S/C12H8N2O/c15-8-5-6-11-12(7-8)14-10-4-2-1-3-9(10)13-11/h1-4,6-7H,5H2. The van der Waals surface area contributed by atoms with E-state index in [1.165, 1.54) is 0 Å². The van der Waals surface area contributed by atoms with Crippen molar-refractivity contribution in [2.75, 3.05) is 0 Å². The molecule has 1 aliphatic carbocycles. The monoisotopic (exact) mass is 196 g/mol. The summed E-state index contributed by atoms with van der Waals surface area (Å²) >= 11 is 0. The van der Waals surface area contributed by atoms with E-state index in [0.29, 0.717) is 11.8 Å². The summed E-state index contributed by atoms with van der Waals surface area (Å²) in [5, 5.41) is 1.50. The van der Waals surface area contributed by atoms with Gasteiger partial charge in [0.1, 0.15) is 0 Å². The van der Waals surface area contributed by atoms with Gasteiger partial charge in [-0.15, -0.1) is 0 Å². The Morgan fingerprint density at radius 2 is 1.67 bits per heavy atom. The van der Waals surface area contributed by atoms with Gasteiger partial charge < -0.3 is 0 Å². The molecule has 0 N–H and O–H groups in total. The molecule has 3 heteroatoms. The molecule has 0 saturated carbocycles. The third kappa shape index (κ3) is 1.32. The first kappa shape index (κ1) is 8.29. The number of hydrogen-bond donors (Lipinski definition) is 0. The summed E-state index contributed by atoms with van der Waals surface area (Å²) in [4.78, 5) is 20.1. The Balaban J connectivity index is 2.49. The van der Waals surface area contributed by atoms with Crippen molar-refractivity contribution in [2.45, 2.75) is 6.42 Å². The molecular formula is C12H8N2O. The van der Waals surface area contributed by atoms with E-state index in [1.807, 2.05) is 30.3 Å². The number of para-hydroxylation sites is 2. The molecule has 1 aromatic carbocycles. The van der Waals surface area contributed by atoms with E-state index in [9.17, 15) is 4.79 Å². The summed E-state index contributed by atoms with van der Waals surface area (Å²) < 4.78 is 0. The quantitative estimate of drug-likeness (QED) is 0.603. The minimum absolute atomic E-state index is 0.0899. The summed E-state index contributed by atoms with van der Waals surface area (Å²) in [6.45, 7) is 0. The molecule has 0 spiro atoms. The number of fused-ring (bicyclic) bond motifs is 2. The van der Waals surface area contributed by atoms with E-state index in [0.717, 1.165) is 16.4 Å². The average Bonchev–Trinajstić information content (AvgIpc) is 2.26. The maximum atomic E-state index is 11.2. The van der Waals surface area contributed by atoms with Gasteiger partial charge in [0.15, 0.2) is 5.78 Å². The number of rotatable bonds is 0. The lowest BCUT2D eigenvalue weighted by molar-refractivity contribution is -0.112. The first-order valence-corrected chi connectivity index (χ1v) is 4.80. The summed E-state index contributed by atoms with van der Waals surface area (Å²) in [5.74, 6) is 0.0899. The van der Waals surface area contributed by atoms with Crippen molar-refractivity contribution in [1.82, 2.24) is 9.97 Å². The highest BCUT2D eigenvalue weighted by molar-refractivity contribution is 6.08. The number of carbonyl (C=O) groups is 1. The van der Waals surface area contributed by atoms with Gasteiger partial charge in [-0.05, 0) is 18.2 Å². The van der Waals surface area contributed by atoms with E-state index in [-0.39, 0.29) is 5.78 Å². The van der Waals surface area contributed by atoms with Crippen LogP contribution in [0.2, 0.25) is 0 Å². The van der Waals surface area contributed by atoms with E-state index >= 15 is 0 Å². The van der Waals surface area contributed by atoms with Gasteiger partial charge in [-0.1, -0.05) is 12.1 Å². The lowest BCUT2D eigenvalue weighted by Crippen LogP contribution is -2.35. The topological polar surface area (TPSA) is 42.9 Å². The van der Waals surface area contributed by atoms with Gasteiger partial charge in [0.05, 0.1) is 21.7 Å². The molecule has 2 aromatic rings. The first-order chi connectivity index (χ1) is 7.33. The molecule has 0 unspecified atom stereocenters. The highest BCUT2D eigenvalue weighted by Crippen LogP contribution is 2.03.